The van der Waals surface area contributed by atoms with Crippen molar-refractivity contribution in [1.29, 1.82) is 0 Å². The number of fused-ring (bicyclic) bond motifs is 2. The number of rotatable bonds is 4. The summed E-state index contributed by atoms with van der Waals surface area (Å²) in [7, 11) is 0. The molecule has 0 saturated heterocycles. The molecule has 0 amide bonds. The minimum Gasteiger partial charge on any atom is -0.489 e. The predicted octanol–water partition coefficient (Wildman–Crippen LogP) is 6.35. The second-order valence-electron chi connectivity index (χ2n) is 7.46. The quantitative estimate of drug-likeness (QED) is 0.413. The van der Waals surface area contributed by atoms with E-state index in [1.807, 2.05) is 61.5 Å². The summed E-state index contributed by atoms with van der Waals surface area (Å²) < 4.78 is 18.8. The summed E-state index contributed by atoms with van der Waals surface area (Å²) >= 11 is 3.43. The van der Waals surface area contributed by atoms with E-state index in [2.05, 4.69) is 15.9 Å². The molecular formula is C26H19BrO4. The lowest BCUT2D eigenvalue weighted by Crippen LogP contribution is -2.18. The number of hydrogen-bond donors (Lipinski definition) is 0. The van der Waals surface area contributed by atoms with Crippen LogP contribution in [-0.4, -0.2) is 11.9 Å². The minimum absolute atomic E-state index is 0.138. The van der Waals surface area contributed by atoms with E-state index in [1.54, 1.807) is 24.3 Å². The Kier molecular flexibility index (Phi) is 5.12. The molecule has 2 aliphatic rings. The lowest BCUT2D eigenvalue weighted by atomic mass is 10.0. The van der Waals surface area contributed by atoms with E-state index < -0.39 is 0 Å². The van der Waals surface area contributed by atoms with Gasteiger partial charge < -0.3 is 14.2 Å². The third-order valence-corrected chi connectivity index (χ3v) is 5.80. The molecule has 2 heterocycles. The Morgan fingerprint density at radius 3 is 2.68 bits per heavy atom. The van der Waals surface area contributed by atoms with Crippen molar-refractivity contribution in [2.24, 2.45) is 0 Å². The zero-order valence-electron chi connectivity index (χ0n) is 16.8. The van der Waals surface area contributed by atoms with Crippen molar-refractivity contribution in [2.75, 3.05) is 0 Å². The largest absolute Gasteiger partial charge is 0.489 e. The zero-order chi connectivity index (χ0) is 21.4. The lowest BCUT2D eigenvalue weighted by molar-refractivity contribution is 0.101. The summed E-state index contributed by atoms with van der Waals surface area (Å²) in [6.07, 6.45) is 3.63. The first-order valence-corrected chi connectivity index (χ1v) is 10.8. The monoisotopic (exact) mass is 474 g/mol. The number of halogens is 1. The molecule has 3 aromatic carbocycles. The van der Waals surface area contributed by atoms with Gasteiger partial charge in [0.15, 0.2) is 5.76 Å². The Bertz CT molecular complexity index is 1220. The smallest absolute Gasteiger partial charge is 0.231 e. The van der Waals surface area contributed by atoms with Crippen molar-refractivity contribution in [2.45, 2.75) is 19.6 Å². The summed E-state index contributed by atoms with van der Waals surface area (Å²) in [5, 5.41) is 0. The van der Waals surface area contributed by atoms with Crippen LogP contribution in [0, 0.1) is 0 Å². The van der Waals surface area contributed by atoms with E-state index in [0.29, 0.717) is 29.4 Å². The molecule has 0 saturated carbocycles. The van der Waals surface area contributed by atoms with Gasteiger partial charge in [-0.15, -0.1) is 0 Å². The molecule has 0 fully saturated rings. The molecule has 5 heteroatoms. The van der Waals surface area contributed by atoms with Crippen LogP contribution in [0.1, 0.15) is 28.4 Å². The van der Waals surface area contributed by atoms with E-state index in [-0.39, 0.29) is 11.9 Å². The van der Waals surface area contributed by atoms with Crippen molar-refractivity contribution in [3.05, 3.63) is 105 Å². The van der Waals surface area contributed by atoms with Gasteiger partial charge in [-0.2, -0.15) is 0 Å². The van der Waals surface area contributed by atoms with E-state index in [0.717, 1.165) is 26.9 Å². The second-order valence-corrected chi connectivity index (χ2v) is 8.37. The molecule has 5 rings (SSSR count). The highest BCUT2D eigenvalue weighted by Gasteiger charge is 2.29. The summed E-state index contributed by atoms with van der Waals surface area (Å²) in [5.74, 6) is 2.15. The highest BCUT2D eigenvalue weighted by molar-refractivity contribution is 9.10. The molecule has 0 N–H and O–H groups in total. The number of ketones is 1. The Labute approximate surface area is 188 Å². The van der Waals surface area contributed by atoms with Crippen molar-refractivity contribution < 1.29 is 19.0 Å². The van der Waals surface area contributed by atoms with E-state index in [1.165, 1.54) is 0 Å². The Morgan fingerprint density at radius 2 is 1.84 bits per heavy atom. The number of carbonyl (C=O) groups excluding carboxylic acids is 1. The fourth-order valence-corrected chi connectivity index (χ4v) is 3.84. The fourth-order valence-electron chi connectivity index (χ4n) is 3.58. The average molecular weight is 475 g/mol. The highest BCUT2D eigenvalue weighted by atomic mass is 79.9. The van der Waals surface area contributed by atoms with Crippen LogP contribution in [-0.2, 0) is 6.61 Å². The molecule has 3 aromatic rings. The van der Waals surface area contributed by atoms with Gasteiger partial charge in [0.2, 0.25) is 5.78 Å². The molecule has 1 atom stereocenters. The van der Waals surface area contributed by atoms with Gasteiger partial charge in [-0.05, 0) is 60.5 Å². The summed E-state index contributed by atoms with van der Waals surface area (Å²) in [5.41, 5.74) is 3.47. The van der Waals surface area contributed by atoms with Crippen LogP contribution in [0.5, 0.6) is 17.2 Å². The standard InChI is InChI=1S/C26H19BrO4/c1-16-19(12-18-4-2-3-5-23(18)30-16)13-25-26(28)22-11-10-21(14-24(22)31-25)29-15-17-6-8-20(27)9-7-17/h2-14,16H,15H2,1H3/t16-/m1/s1. The molecule has 0 aliphatic carbocycles. The number of benzene rings is 3. The van der Waals surface area contributed by atoms with Gasteiger partial charge in [0.1, 0.15) is 30.0 Å². The molecule has 2 aliphatic heterocycles. The van der Waals surface area contributed by atoms with Crippen LogP contribution >= 0.6 is 15.9 Å². The number of ether oxygens (including phenoxy) is 3. The number of carbonyl (C=O) groups is 1. The summed E-state index contributed by atoms with van der Waals surface area (Å²) in [6, 6.07) is 21.1. The third kappa shape index (κ3) is 4.01. The number of allylic oxidation sites excluding steroid dienone is 1. The normalized spacial score (nSPS) is 18.0. The van der Waals surface area contributed by atoms with Crippen LogP contribution in [0.3, 0.4) is 0 Å². The molecule has 4 nitrogen and oxygen atoms in total. The summed E-state index contributed by atoms with van der Waals surface area (Å²) in [6.45, 7) is 2.39. The van der Waals surface area contributed by atoms with E-state index >= 15 is 0 Å². The minimum atomic E-state index is -0.174. The van der Waals surface area contributed by atoms with Gasteiger partial charge in [-0.1, -0.05) is 46.3 Å². The Hall–Kier alpha value is -3.31. The van der Waals surface area contributed by atoms with Gasteiger partial charge in [-0.3, -0.25) is 4.79 Å². The van der Waals surface area contributed by atoms with E-state index in [9.17, 15) is 4.79 Å². The van der Waals surface area contributed by atoms with Crippen LogP contribution in [0.15, 0.2) is 88.6 Å². The van der Waals surface area contributed by atoms with Crippen molar-refractivity contribution in [3.8, 4) is 17.2 Å². The molecule has 0 spiro atoms. The number of Topliss-reactive ketones (excluding diaryl/α,β-unsaturated/α-hetero) is 1. The van der Waals surface area contributed by atoms with Crippen LogP contribution in [0.4, 0.5) is 0 Å². The van der Waals surface area contributed by atoms with Crippen molar-refractivity contribution in [3.63, 3.8) is 0 Å². The second kappa shape index (κ2) is 8.08. The molecule has 154 valence electrons. The topological polar surface area (TPSA) is 44.8 Å². The first-order chi connectivity index (χ1) is 15.1. The molecule has 31 heavy (non-hydrogen) atoms. The van der Waals surface area contributed by atoms with Crippen LogP contribution in [0.25, 0.3) is 6.08 Å². The average Bonchev–Trinajstić information content (AvgIpc) is 3.08. The first kappa shape index (κ1) is 19.6. The molecule has 0 bridgehead atoms. The van der Waals surface area contributed by atoms with Crippen molar-refractivity contribution in [1.82, 2.24) is 0 Å². The highest BCUT2D eigenvalue weighted by Crippen LogP contribution is 2.36. The molecule has 0 aromatic heterocycles. The Balaban J connectivity index is 1.35. The fraction of sp³-hybridized carbons (Fsp3) is 0.115. The summed E-state index contributed by atoms with van der Waals surface area (Å²) in [4.78, 5) is 12.8. The predicted molar refractivity (Wildman–Crippen MR) is 122 cm³/mol. The zero-order valence-corrected chi connectivity index (χ0v) is 18.4. The van der Waals surface area contributed by atoms with Gasteiger partial charge in [0.25, 0.3) is 0 Å². The van der Waals surface area contributed by atoms with Crippen molar-refractivity contribution >= 4 is 27.8 Å². The van der Waals surface area contributed by atoms with Crippen LogP contribution < -0.4 is 14.2 Å². The molecular weight excluding hydrogens is 456 g/mol. The third-order valence-electron chi connectivity index (χ3n) is 5.27. The molecule has 0 radical (unpaired) electrons. The van der Waals surface area contributed by atoms with E-state index in [4.69, 9.17) is 14.2 Å². The number of para-hydroxylation sites is 1. The first-order valence-electron chi connectivity index (χ1n) is 10.00. The van der Waals surface area contributed by atoms with Gasteiger partial charge in [0, 0.05) is 16.1 Å². The van der Waals surface area contributed by atoms with Crippen LogP contribution in [0.2, 0.25) is 0 Å². The maximum Gasteiger partial charge on any atom is 0.231 e. The Morgan fingerprint density at radius 1 is 1.03 bits per heavy atom. The van der Waals surface area contributed by atoms with Gasteiger partial charge in [-0.25, -0.2) is 0 Å². The molecule has 0 unspecified atom stereocenters. The van der Waals surface area contributed by atoms with Gasteiger partial charge >= 0.3 is 0 Å². The maximum absolute atomic E-state index is 12.8. The van der Waals surface area contributed by atoms with Gasteiger partial charge in [0.05, 0.1) is 5.56 Å². The maximum atomic E-state index is 12.8. The number of hydrogen-bond acceptors (Lipinski definition) is 4. The SMILES string of the molecule is C[C@H]1Oc2ccccc2C=C1C=C1Oc2cc(OCc3ccc(Br)cc3)ccc2C1=O. The lowest BCUT2D eigenvalue weighted by Gasteiger charge is -2.22.